The van der Waals surface area contributed by atoms with E-state index in [2.05, 4.69) is 11.4 Å². The van der Waals surface area contributed by atoms with E-state index < -0.39 is 11.9 Å². The molecule has 15 heavy (non-hydrogen) atoms. The van der Waals surface area contributed by atoms with E-state index in [0.29, 0.717) is 13.1 Å². The van der Waals surface area contributed by atoms with Crippen LogP contribution in [0.2, 0.25) is 0 Å². The molecule has 1 aromatic rings. The van der Waals surface area contributed by atoms with Crippen LogP contribution >= 0.6 is 0 Å². The number of hydrogen-bond acceptors (Lipinski definition) is 3. The van der Waals surface area contributed by atoms with E-state index >= 15 is 0 Å². The minimum atomic E-state index is -0.616. The van der Waals surface area contributed by atoms with Crippen LogP contribution in [0.15, 0.2) is 24.3 Å². The molecule has 1 rings (SSSR count). The van der Waals surface area contributed by atoms with Gasteiger partial charge in [0.2, 0.25) is 5.91 Å². The van der Waals surface area contributed by atoms with Gasteiger partial charge >= 0.3 is 0 Å². The molecule has 0 aliphatic carbocycles. The van der Waals surface area contributed by atoms with Gasteiger partial charge in [0.25, 0.3) is 0 Å². The van der Waals surface area contributed by atoms with Crippen LogP contribution in [0, 0.1) is 6.92 Å². The molecule has 0 aliphatic rings. The Balaban J connectivity index is 2.35. The Hall–Kier alpha value is -1.39. The number of carbonyl (C=O) groups is 1. The van der Waals surface area contributed by atoms with E-state index in [9.17, 15) is 4.79 Å². The molecule has 1 aromatic carbocycles. The van der Waals surface area contributed by atoms with Gasteiger partial charge in [-0.2, -0.15) is 0 Å². The van der Waals surface area contributed by atoms with E-state index in [1.54, 1.807) is 0 Å². The lowest BCUT2D eigenvalue weighted by Crippen LogP contribution is -2.44. The van der Waals surface area contributed by atoms with Crippen molar-refractivity contribution in [1.82, 2.24) is 5.32 Å². The lowest BCUT2D eigenvalue weighted by Gasteiger charge is -2.09. The molecular formula is C11H17N3O. The highest BCUT2D eigenvalue weighted by Gasteiger charge is 2.07. The fraction of sp³-hybridized carbons (Fsp3) is 0.364. The van der Waals surface area contributed by atoms with Gasteiger partial charge < -0.3 is 16.8 Å². The molecule has 0 fully saturated rings. The summed E-state index contributed by atoms with van der Waals surface area (Å²) in [5, 5.41) is 3.08. The first-order chi connectivity index (χ1) is 7.09. The highest BCUT2D eigenvalue weighted by molar-refractivity contribution is 5.79. The first-order valence-electron chi connectivity index (χ1n) is 4.91. The van der Waals surface area contributed by atoms with Crippen LogP contribution in [-0.4, -0.2) is 18.5 Å². The van der Waals surface area contributed by atoms with E-state index in [0.717, 1.165) is 0 Å². The van der Waals surface area contributed by atoms with Crippen LogP contribution < -0.4 is 16.8 Å². The molecule has 4 heteroatoms. The number of nitrogens with one attached hydrogen (secondary N) is 1. The molecule has 4 nitrogen and oxygen atoms in total. The van der Waals surface area contributed by atoms with E-state index in [4.69, 9.17) is 11.5 Å². The van der Waals surface area contributed by atoms with Crippen molar-refractivity contribution in [2.45, 2.75) is 19.5 Å². The monoisotopic (exact) mass is 207 g/mol. The largest absolute Gasteiger partial charge is 0.368 e. The van der Waals surface area contributed by atoms with Gasteiger partial charge in [-0.3, -0.25) is 4.79 Å². The second-order valence-electron chi connectivity index (χ2n) is 3.63. The number of primary amides is 1. The Morgan fingerprint density at radius 1 is 1.53 bits per heavy atom. The summed E-state index contributed by atoms with van der Waals surface area (Å²) in [5.41, 5.74) is 12.9. The molecule has 0 saturated carbocycles. The minimum Gasteiger partial charge on any atom is -0.368 e. The third kappa shape index (κ3) is 4.10. The van der Waals surface area contributed by atoms with Crippen LogP contribution in [0.25, 0.3) is 0 Å². The topological polar surface area (TPSA) is 81.1 Å². The van der Waals surface area contributed by atoms with Gasteiger partial charge in [0, 0.05) is 13.1 Å². The summed E-state index contributed by atoms with van der Waals surface area (Å²) in [6.07, 6.45) is 0. The second kappa shape index (κ2) is 5.48. The Kier molecular flexibility index (Phi) is 4.27. The van der Waals surface area contributed by atoms with Crippen molar-refractivity contribution >= 4 is 5.91 Å². The Bertz CT molecular complexity index is 338. The van der Waals surface area contributed by atoms with Crippen molar-refractivity contribution in [2.24, 2.45) is 11.5 Å². The van der Waals surface area contributed by atoms with Gasteiger partial charge in [-0.1, -0.05) is 29.8 Å². The fourth-order valence-corrected chi connectivity index (χ4v) is 1.29. The van der Waals surface area contributed by atoms with Gasteiger partial charge in [-0.15, -0.1) is 0 Å². The van der Waals surface area contributed by atoms with Crippen molar-refractivity contribution < 1.29 is 4.79 Å². The maximum atomic E-state index is 10.7. The summed E-state index contributed by atoms with van der Waals surface area (Å²) < 4.78 is 0. The van der Waals surface area contributed by atoms with Gasteiger partial charge in [-0.05, 0) is 12.5 Å². The lowest BCUT2D eigenvalue weighted by molar-refractivity contribution is -0.119. The molecule has 1 unspecified atom stereocenters. The van der Waals surface area contributed by atoms with E-state index in [1.807, 2.05) is 25.1 Å². The molecule has 0 aliphatic heterocycles. The zero-order chi connectivity index (χ0) is 11.3. The molecule has 1 amide bonds. The predicted molar refractivity (Wildman–Crippen MR) is 60.1 cm³/mol. The van der Waals surface area contributed by atoms with Crippen LogP contribution in [-0.2, 0) is 11.3 Å². The zero-order valence-corrected chi connectivity index (χ0v) is 8.86. The Labute approximate surface area is 89.6 Å². The van der Waals surface area contributed by atoms with Crippen LogP contribution in [0.1, 0.15) is 11.1 Å². The minimum absolute atomic E-state index is 0.406. The number of aryl methyl sites for hydroxylation is 1. The van der Waals surface area contributed by atoms with Crippen molar-refractivity contribution in [1.29, 1.82) is 0 Å². The SMILES string of the molecule is Cc1cccc(CNCC(N)C(N)=O)c1. The standard InChI is InChI=1S/C11H17N3O/c1-8-3-2-4-9(5-8)6-14-7-10(12)11(13)15/h2-5,10,14H,6-7,12H2,1H3,(H2,13,15). The summed E-state index contributed by atoms with van der Waals surface area (Å²) >= 11 is 0. The first kappa shape index (κ1) is 11.7. The molecule has 0 heterocycles. The first-order valence-corrected chi connectivity index (χ1v) is 4.91. The molecule has 0 spiro atoms. The highest BCUT2D eigenvalue weighted by atomic mass is 16.1. The summed E-state index contributed by atoms with van der Waals surface area (Å²) in [4.78, 5) is 10.7. The summed E-state index contributed by atoms with van der Waals surface area (Å²) in [6.45, 7) is 3.14. The molecule has 1 atom stereocenters. The summed E-state index contributed by atoms with van der Waals surface area (Å²) in [5.74, 6) is -0.480. The number of rotatable bonds is 5. The number of amides is 1. The molecule has 5 N–H and O–H groups in total. The normalized spacial score (nSPS) is 12.4. The molecular weight excluding hydrogens is 190 g/mol. The zero-order valence-electron chi connectivity index (χ0n) is 8.86. The smallest absolute Gasteiger partial charge is 0.235 e. The van der Waals surface area contributed by atoms with Crippen molar-refractivity contribution in [3.05, 3.63) is 35.4 Å². The third-order valence-electron chi connectivity index (χ3n) is 2.14. The van der Waals surface area contributed by atoms with Gasteiger partial charge in [-0.25, -0.2) is 0 Å². The van der Waals surface area contributed by atoms with Crippen molar-refractivity contribution in [3.63, 3.8) is 0 Å². The molecule has 0 radical (unpaired) electrons. The predicted octanol–water partition coefficient (Wildman–Crippen LogP) is -0.103. The summed E-state index contributed by atoms with van der Waals surface area (Å²) in [7, 11) is 0. The average Bonchev–Trinajstić information content (AvgIpc) is 2.17. The molecule has 0 bridgehead atoms. The maximum Gasteiger partial charge on any atom is 0.235 e. The number of benzene rings is 1. The van der Waals surface area contributed by atoms with Crippen LogP contribution in [0.4, 0.5) is 0 Å². The van der Waals surface area contributed by atoms with Gasteiger partial charge in [0.05, 0.1) is 6.04 Å². The average molecular weight is 207 g/mol. The summed E-state index contributed by atoms with van der Waals surface area (Å²) in [6, 6.07) is 7.53. The lowest BCUT2D eigenvalue weighted by atomic mass is 10.1. The second-order valence-corrected chi connectivity index (χ2v) is 3.63. The third-order valence-corrected chi connectivity index (χ3v) is 2.14. The van der Waals surface area contributed by atoms with E-state index in [1.165, 1.54) is 11.1 Å². The number of nitrogens with two attached hydrogens (primary N) is 2. The molecule has 82 valence electrons. The van der Waals surface area contributed by atoms with Gasteiger partial charge in [0.1, 0.15) is 0 Å². The number of carbonyl (C=O) groups excluding carboxylic acids is 1. The van der Waals surface area contributed by atoms with Crippen LogP contribution in [0.5, 0.6) is 0 Å². The fourth-order valence-electron chi connectivity index (χ4n) is 1.29. The number of hydrogen-bond donors (Lipinski definition) is 3. The quantitative estimate of drug-likeness (QED) is 0.630. The molecule has 0 aromatic heterocycles. The van der Waals surface area contributed by atoms with Gasteiger partial charge in [0.15, 0.2) is 0 Å². The van der Waals surface area contributed by atoms with Crippen LogP contribution in [0.3, 0.4) is 0 Å². The molecule has 0 saturated heterocycles. The maximum absolute atomic E-state index is 10.7. The highest BCUT2D eigenvalue weighted by Crippen LogP contribution is 2.02. The van der Waals surface area contributed by atoms with Crippen molar-refractivity contribution in [2.75, 3.05) is 6.54 Å². The Morgan fingerprint density at radius 3 is 2.87 bits per heavy atom. The van der Waals surface area contributed by atoms with Crippen molar-refractivity contribution in [3.8, 4) is 0 Å². The Morgan fingerprint density at radius 2 is 2.27 bits per heavy atom. The van der Waals surface area contributed by atoms with E-state index in [-0.39, 0.29) is 0 Å².